The zero-order valence-electron chi connectivity index (χ0n) is 15.3. The van der Waals surface area contributed by atoms with Crippen molar-refractivity contribution in [2.45, 2.75) is 12.8 Å². The second kappa shape index (κ2) is 8.35. The first kappa shape index (κ1) is 17.7. The van der Waals surface area contributed by atoms with Crippen LogP contribution in [0.3, 0.4) is 0 Å². The largest absolute Gasteiger partial charge is 0.456 e. The summed E-state index contributed by atoms with van der Waals surface area (Å²) >= 11 is 0. The molecule has 1 amide bonds. The topological polar surface area (TPSA) is 79.9 Å². The average Bonchev–Trinajstić information content (AvgIpc) is 3.15. The number of pyridine rings is 1. The summed E-state index contributed by atoms with van der Waals surface area (Å²) in [6.45, 7) is 0.587. The molecule has 0 unspecified atom stereocenters. The zero-order valence-corrected chi connectivity index (χ0v) is 15.3. The maximum atomic E-state index is 12.3. The highest BCUT2D eigenvalue weighted by Crippen LogP contribution is 2.20. The molecule has 4 aromatic rings. The Kier molecular flexibility index (Phi) is 5.29. The van der Waals surface area contributed by atoms with Crippen molar-refractivity contribution in [2.75, 3.05) is 6.54 Å². The Labute approximate surface area is 162 Å². The lowest BCUT2D eigenvalue weighted by atomic mass is 10.2. The molecule has 2 heterocycles. The quantitative estimate of drug-likeness (QED) is 0.479. The van der Waals surface area contributed by atoms with Crippen molar-refractivity contribution in [3.05, 3.63) is 84.4 Å². The first-order valence-electron chi connectivity index (χ1n) is 9.18. The third kappa shape index (κ3) is 4.35. The van der Waals surface area contributed by atoms with Gasteiger partial charge in [-0.1, -0.05) is 12.1 Å². The fraction of sp³-hybridized carbons (Fsp3) is 0.136. The van der Waals surface area contributed by atoms with Crippen LogP contribution in [0.5, 0.6) is 11.5 Å². The molecule has 28 heavy (non-hydrogen) atoms. The summed E-state index contributed by atoms with van der Waals surface area (Å²) in [5.41, 5.74) is 2.60. The molecule has 140 valence electrons. The minimum Gasteiger partial charge on any atom is -0.456 e. The first-order valence-corrected chi connectivity index (χ1v) is 9.18. The van der Waals surface area contributed by atoms with E-state index in [1.807, 2.05) is 36.4 Å². The minimum atomic E-state index is -0.0995. The number of hydrogen-bond donors (Lipinski definition) is 2. The van der Waals surface area contributed by atoms with E-state index in [1.165, 1.54) is 0 Å². The Balaban J connectivity index is 1.25. The van der Waals surface area contributed by atoms with Crippen LogP contribution >= 0.6 is 0 Å². The molecule has 4 rings (SSSR count). The molecule has 0 saturated heterocycles. The number of amides is 1. The van der Waals surface area contributed by atoms with Gasteiger partial charge >= 0.3 is 0 Å². The molecule has 0 fully saturated rings. The molecule has 6 nitrogen and oxygen atoms in total. The fourth-order valence-corrected chi connectivity index (χ4v) is 2.90. The number of ether oxygens (including phenoxy) is 1. The maximum Gasteiger partial charge on any atom is 0.251 e. The number of aromatic nitrogens is 3. The van der Waals surface area contributed by atoms with Gasteiger partial charge in [0.1, 0.15) is 17.3 Å². The molecule has 0 aliphatic carbocycles. The molecule has 0 aliphatic rings. The highest BCUT2D eigenvalue weighted by molar-refractivity contribution is 5.94. The van der Waals surface area contributed by atoms with Gasteiger partial charge in [0.15, 0.2) is 0 Å². The summed E-state index contributed by atoms with van der Waals surface area (Å²) in [4.78, 5) is 24.1. The van der Waals surface area contributed by atoms with Gasteiger partial charge in [-0.3, -0.25) is 9.78 Å². The molecular weight excluding hydrogens is 352 g/mol. The standard InChI is InChI=1S/C22H20N4O2/c27-22(16-9-11-17(12-10-16)28-18-5-3-13-23-15-18)24-14-4-8-21-25-19-6-1-2-7-20(19)26-21/h1-3,5-7,9-13,15H,4,8,14H2,(H,24,27)(H,25,26). The van der Waals surface area contributed by atoms with Crippen molar-refractivity contribution in [1.29, 1.82) is 0 Å². The van der Waals surface area contributed by atoms with Gasteiger partial charge in [-0.25, -0.2) is 4.98 Å². The SMILES string of the molecule is O=C(NCCCc1nc2ccccc2[nH]1)c1ccc(Oc2cccnc2)cc1. The molecule has 0 aliphatic heterocycles. The molecule has 2 aromatic heterocycles. The Morgan fingerprint density at radius 1 is 1.00 bits per heavy atom. The second-order valence-electron chi connectivity index (χ2n) is 6.38. The summed E-state index contributed by atoms with van der Waals surface area (Å²) < 4.78 is 5.68. The van der Waals surface area contributed by atoms with E-state index in [2.05, 4.69) is 20.3 Å². The highest BCUT2D eigenvalue weighted by atomic mass is 16.5. The third-order valence-electron chi connectivity index (χ3n) is 4.30. The van der Waals surface area contributed by atoms with Gasteiger partial charge in [-0.15, -0.1) is 0 Å². The van der Waals surface area contributed by atoms with E-state index < -0.39 is 0 Å². The summed E-state index contributed by atoms with van der Waals surface area (Å²) in [7, 11) is 0. The molecule has 0 bridgehead atoms. The lowest BCUT2D eigenvalue weighted by Gasteiger charge is -2.07. The van der Waals surface area contributed by atoms with E-state index in [9.17, 15) is 4.79 Å². The first-order chi connectivity index (χ1) is 13.8. The van der Waals surface area contributed by atoms with Gasteiger partial charge in [-0.2, -0.15) is 0 Å². The van der Waals surface area contributed by atoms with Crippen LogP contribution in [0.1, 0.15) is 22.6 Å². The predicted molar refractivity (Wildman–Crippen MR) is 108 cm³/mol. The van der Waals surface area contributed by atoms with Crippen LogP contribution in [0.15, 0.2) is 73.1 Å². The normalized spacial score (nSPS) is 10.7. The zero-order chi connectivity index (χ0) is 19.2. The number of aromatic amines is 1. The predicted octanol–water partition coefficient (Wildman–Crippen LogP) is 4.11. The fourth-order valence-electron chi connectivity index (χ4n) is 2.90. The summed E-state index contributed by atoms with van der Waals surface area (Å²) in [6.07, 6.45) is 4.93. The van der Waals surface area contributed by atoms with Gasteiger partial charge in [0, 0.05) is 24.7 Å². The van der Waals surface area contributed by atoms with Gasteiger partial charge in [0.2, 0.25) is 0 Å². The van der Waals surface area contributed by atoms with Crippen LogP contribution in [-0.2, 0) is 6.42 Å². The molecule has 0 atom stereocenters. The lowest BCUT2D eigenvalue weighted by molar-refractivity contribution is 0.0953. The number of nitrogens with one attached hydrogen (secondary N) is 2. The molecular formula is C22H20N4O2. The van der Waals surface area contributed by atoms with Crippen molar-refractivity contribution in [3.63, 3.8) is 0 Å². The number of hydrogen-bond acceptors (Lipinski definition) is 4. The second-order valence-corrected chi connectivity index (χ2v) is 6.38. The van der Waals surface area contributed by atoms with E-state index in [0.29, 0.717) is 23.6 Å². The van der Waals surface area contributed by atoms with Crippen LogP contribution in [0.2, 0.25) is 0 Å². The monoisotopic (exact) mass is 372 g/mol. The Hall–Kier alpha value is -3.67. The van der Waals surface area contributed by atoms with Gasteiger partial charge in [0.25, 0.3) is 5.91 Å². The van der Waals surface area contributed by atoms with Crippen LogP contribution in [0, 0.1) is 0 Å². The number of carbonyl (C=O) groups excluding carboxylic acids is 1. The van der Waals surface area contributed by atoms with Gasteiger partial charge < -0.3 is 15.0 Å². The number of aryl methyl sites for hydroxylation is 1. The minimum absolute atomic E-state index is 0.0995. The van der Waals surface area contributed by atoms with Crippen molar-refractivity contribution >= 4 is 16.9 Å². The summed E-state index contributed by atoms with van der Waals surface area (Å²) in [6, 6.07) is 18.6. The average molecular weight is 372 g/mol. The number of fused-ring (bicyclic) bond motifs is 1. The van der Waals surface area contributed by atoms with Crippen LogP contribution in [0.25, 0.3) is 11.0 Å². The molecule has 0 spiro atoms. The highest BCUT2D eigenvalue weighted by Gasteiger charge is 2.07. The molecule has 0 radical (unpaired) electrons. The Bertz CT molecular complexity index is 1030. The van der Waals surface area contributed by atoms with Crippen LogP contribution < -0.4 is 10.1 Å². The smallest absolute Gasteiger partial charge is 0.251 e. The number of benzene rings is 2. The van der Waals surface area contributed by atoms with E-state index >= 15 is 0 Å². The maximum absolute atomic E-state index is 12.3. The number of imidazole rings is 1. The number of H-pyrrole nitrogens is 1. The van der Waals surface area contributed by atoms with E-state index in [1.54, 1.807) is 36.7 Å². The Morgan fingerprint density at radius 3 is 2.64 bits per heavy atom. The molecule has 2 N–H and O–H groups in total. The van der Waals surface area contributed by atoms with Crippen LogP contribution in [0.4, 0.5) is 0 Å². The number of carbonyl (C=O) groups is 1. The Morgan fingerprint density at radius 2 is 1.86 bits per heavy atom. The molecule has 2 aromatic carbocycles. The lowest BCUT2D eigenvalue weighted by Crippen LogP contribution is -2.24. The van der Waals surface area contributed by atoms with Crippen molar-refractivity contribution in [3.8, 4) is 11.5 Å². The van der Waals surface area contributed by atoms with Gasteiger partial charge in [-0.05, 0) is 55.0 Å². The van der Waals surface area contributed by atoms with Crippen LogP contribution in [-0.4, -0.2) is 27.4 Å². The summed E-state index contributed by atoms with van der Waals surface area (Å²) in [5.74, 6) is 2.16. The van der Waals surface area contributed by atoms with Gasteiger partial charge in [0.05, 0.1) is 17.2 Å². The van der Waals surface area contributed by atoms with E-state index in [4.69, 9.17) is 4.74 Å². The van der Waals surface area contributed by atoms with Crippen molar-refractivity contribution < 1.29 is 9.53 Å². The number of para-hydroxylation sites is 2. The third-order valence-corrected chi connectivity index (χ3v) is 4.30. The number of rotatable bonds is 7. The van der Waals surface area contributed by atoms with E-state index in [0.717, 1.165) is 29.7 Å². The van der Waals surface area contributed by atoms with Crippen molar-refractivity contribution in [1.82, 2.24) is 20.3 Å². The van der Waals surface area contributed by atoms with Crippen molar-refractivity contribution in [2.24, 2.45) is 0 Å². The number of nitrogens with zero attached hydrogens (tertiary/aromatic N) is 2. The molecule has 6 heteroatoms. The summed E-state index contributed by atoms with van der Waals surface area (Å²) in [5, 5.41) is 2.94. The molecule has 0 saturated carbocycles. The van der Waals surface area contributed by atoms with E-state index in [-0.39, 0.29) is 5.91 Å².